The Morgan fingerprint density at radius 1 is 1.11 bits per heavy atom. The minimum Gasteiger partial charge on any atom is -0.504 e. The van der Waals surface area contributed by atoms with Gasteiger partial charge < -0.3 is 19.5 Å². The minimum absolute atomic E-state index is 0.162. The van der Waals surface area contributed by atoms with Crippen molar-refractivity contribution in [2.45, 2.75) is 4.90 Å². The third-order valence-electron chi connectivity index (χ3n) is 3.45. The van der Waals surface area contributed by atoms with Crippen LogP contribution in [0.25, 0.3) is 0 Å². The quantitative estimate of drug-likeness (QED) is 0.558. The van der Waals surface area contributed by atoms with Gasteiger partial charge in [-0.2, -0.15) is 8.42 Å². The first-order chi connectivity index (χ1) is 12.6. The van der Waals surface area contributed by atoms with E-state index in [4.69, 9.17) is 16.3 Å². The van der Waals surface area contributed by atoms with Crippen LogP contribution in [0.1, 0.15) is 0 Å². The number of carbonyl (C=O) groups excluding carboxylic acids is 2. The van der Waals surface area contributed by atoms with Crippen molar-refractivity contribution >= 4 is 39.3 Å². The number of phenolic OH excluding ortho intramolecular Hbond substituents is 1. The molecule has 0 unspecified atom stereocenters. The summed E-state index contributed by atoms with van der Waals surface area (Å²) in [5.41, 5.74) is -0.882. The van der Waals surface area contributed by atoms with Gasteiger partial charge in [0.1, 0.15) is 10.6 Å². The molecule has 2 rings (SSSR count). The molecule has 0 aliphatic carbocycles. The molecule has 1 aromatic carbocycles. The summed E-state index contributed by atoms with van der Waals surface area (Å²) in [7, 11) is -2.65. The lowest BCUT2D eigenvalue weighted by atomic mass is 10.1. The van der Waals surface area contributed by atoms with Crippen molar-refractivity contribution in [2.75, 3.05) is 19.1 Å². The average molecular weight is 416 g/mol. The van der Waals surface area contributed by atoms with Crippen LogP contribution in [0, 0.1) is 0 Å². The molecule has 0 bridgehead atoms. The van der Waals surface area contributed by atoms with Gasteiger partial charge in [-0.3, -0.25) is 4.55 Å². The summed E-state index contributed by atoms with van der Waals surface area (Å²) in [5, 5.41) is 10.2. The summed E-state index contributed by atoms with van der Waals surface area (Å²) in [6, 6.07) is 1.97. The zero-order valence-corrected chi connectivity index (χ0v) is 15.6. The van der Waals surface area contributed by atoms with Crippen molar-refractivity contribution in [1.82, 2.24) is 0 Å². The predicted molar refractivity (Wildman–Crippen MR) is 94.7 cm³/mol. The Morgan fingerprint density at radius 3 is 2.30 bits per heavy atom. The van der Waals surface area contributed by atoms with Crippen LogP contribution in [0.5, 0.6) is 5.75 Å². The van der Waals surface area contributed by atoms with Gasteiger partial charge in [0.15, 0.2) is 5.75 Å². The third kappa shape index (κ3) is 4.13. The Labute approximate surface area is 159 Å². The molecule has 1 aliphatic heterocycles. The lowest BCUT2D eigenvalue weighted by Gasteiger charge is -2.24. The number of methoxy groups -OCH3 is 2. The Bertz CT molecular complexity index is 994. The van der Waals surface area contributed by atoms with Crippen molar-refractivity contribution < 1.29 is 37.1 Å². The molecule has 9 nitrogen and oxygen atoms in total. The maximum atomic E-state index is 12.3. The van der Waals surface area contributed by atoms with E-state index in [1.807, 2.05) is 0 Å². The molecule has 2 N–H and O–H groups in total. The number of aromatic hydroxyl groups is 1. The summed E-state index contributed by atoms with van der Waals surface area (Å²) in [6.45, 7) is 0. The van der Waals surface area contributed by atoms with Crippen molar-refractivity contribution in [2.24, 2.45) is 0 Å². The number of phenols is 1. The molecule has 0 radical (unpaired) electrons. The van der Waals surface area contributed by atoms with Crippen LogP contribution < -0.4 is 4.90 Å². The Hall–Kier alpha value is -2.82. The molecule has 0 atom stereocenters. The summed E-state index contributed by atoms with van der Waals surface area (Å²) >= 11 is 5.90. The molecular formula is C16H14ClNO8S. The Kier molecular flexibility index (Phi) is 5.94. The van der Waals surface area contributed by atoms with E-state index in [1.54, 1.807) is 0 Å². The smallest absolute Gasteiger partial charge is 0.355 e. The number of carbonyl (C=O) groups is 2. The fourth-order valence-corrected chi connectivity index (χ4v) is 3.19. The molecule has 0 aromatic heterocycles. The molecule has 0 saturated carbocycles. The normalized spacial score (nSPS) is 14.1. The zero-order valence-electron chi connectivity index (χ0n) is 14.0. The molecule has 1 aliphatic rings. The molecule has 144 valence electrons. The first-order valence-corrected chi connectivity index (χ1v) is 8.98. The maximum absolute atomic E-state index is 12.3. The van der Waals surface area contributed by atoms with E-state index in [1.165, 1.54) is 24.4 Å². The highest BCUT2D eigenvalue weighted by Crippen LogP contribution is 2.40. The van der Waals surface area contributed by atoms with Gasteiger partial charge in [0.05, 0.1) is 25.5 Å². The fourth-order valence-electron chi connectivity index (χ4n) is 2.29. The maximum Gasteiger partial charge on any atom is 0.355 e. The first kappa shape index (κ1) is 20.5. The largest absolute Gasteiger partial charge is 0.504 e. The third-order valence-corrected chi connectivity index (χ3v) is 4.53. The van der Waals surface area contributed by atoms with Crippen LogP contribution in [0.4, 0.5) is 5.69 Å². The second-order valence-electron chi connectivity index (χ2n) is 5.06. The number of hydrogen-bond donors (Lipinski definition) is 2. The molecular weight excluding hydrogens is 402 g/mol. The number of rotatable bonds is 4. The van der Waals surface area contributed by atoms with Crippen LogP contribution in [-0.2, 0) is 29.2 Å². The second-order valence-corrected chi connectivity index (χ2v) is 6.89. The van der Waals surface area contributed by atoms with E-state index in [2.05, 4.69) is 4.74 Å². The van der Waals surface area contributed by atoms with Crippen molar-refractivity contribution in [1.29, 1.82) is 0 Å². The van der Waals surface area contributed by atoms with Gasteiger partial charge in [-0.15, -0.1) is 0 Å². The predicted octanol–water partition coefficient (Wildman–Crippen LogP) is 1.78. The average Bonchev–Trinajstić information content (AvgIpc) is 2.83. The van der Waals surface area contributed by atoms with E-state index in [0.717, 1.165) is 31.3 Å². The van der Waals surface area contributed by atoms with E-state index >= 15 is 0 Å². The molecule has 0 saturated heterocycles. The molecule has 0 spiro atoms. The second kappa shape index (κ2) is 7.82. The number of ether oxygens (including phenoxy) is 2. The summed E-state index contributed by atoms with van der Waals surface area (Å²) in [5.74, 6) is -2.74. The monoisotopic (exact) mass is 415 g/mol. The fraction of sp³-hybridized carbons (Fsp3) is 0.125. The summed E-state index contributed by atoms with van der Waals surface area (Å²) in [4.78, 5) is 24.5. The molecule has 0 amide bonds. The lowest BCUT2D eigenvalue weighted by Crippen LogP contribution is -2.27. The standard InChI is InChI=1S/C16H14ClNO8S/c1-25-15(20)10-5-3-4-6-18(13(10)16(21)26-2)11-7-9(17)8-12(14(11)19)27(22,23)24/h3-8,19H,1-2H3,(H,22,23,24). The highest BCUT2D eigenvalue weighted by molar-refractivity contribution is 7.86. The lowest BCUT2D eigenvalue weighted by molar-refractivity contribution is -0.139. The number of benzene rings is 1. The van der Waals surface area contributed by atoms with Crippen molar-refractivity contribution in [3.63, 3.8) is 0 Å². The van der Waals surface area contributed by atoms with Gasteiger partial charge in [0, 0.05) is 11.2 Å². The Morgan fingerprint density at radius 2 is 1.74 bits per heavy atom. The number of nitrogens with zero attached hydrogens (tertiary/aromatic N) is 1. The molecule has 0 fully saturated rings. The van der Waals surface area contributed by atoms with Gasteiger partial charge >= 0.3 is 11.9 Å². The minimum atomic E-state index is -4.83. The number of hydrogen-bond acceptors (Lipinski definition) is 8. The van der Waals surface area contributed by atoms with Gasteiger partial charge in [-0.05, 0) is 24.3 Å². The number of anilines is 1. The van der Waals surface area contributed by atoms with Gasteiger partial charge in [-0.25, -0.2) is 9.59 Å². The Balaban J connectivity index is 2.85. The van der Waals surface area contributed by atoms with Crippen LogP contribution >= 0.6 is 11.6 Å². The molecule has 1 heterocycles. The number of esters is 2. The van der Waals surface area contributed by atoms with Gasteiger partial charge in [-0.1, -0.05) is 17.7 Å². The van der Waals surface area contributed by atoms with Crippen LogP contribution in [-0.4, -0.2) is 44.2 Å². The van der Waals surface area contributed by atoms with Gasteiger partial charge in [0.25, 0.3) is 10.1 Å². The van der Waals surface area contributed by atoms with E-state index < -0.39 is 32.7 Å². The molecule has 11 heteroatoms. The number of halogens is 1. The van der Waals surface area contributed by atoms with Gasteiger partial charge in [0.2, 0.25) is 0 Å². The molecule has 1 aromatic rings. The zero-order chi connectivity index (χ0) is 20.4. The first-order valence-electron chi connectivity index (χ1n) is 7.16. The molecule has 27 heavy (non-hydrogen) atoms. The highest BCUT2D eigenvalue weighted by Gasteiger charge is 2.31. The van der Waals surface area contributed by atoms with Crippen molar-refractivity contribution in [3.05, 3.63) is 52.9 Å². The van der Waals surface area contributed by atoms with E-state index in [9.17, 15) is 27.7 Å². The topological polar surface area (TPSA) is 130 Å². The van der Waals surface area contributed by atoms with Crippen LogP contribution in [0.15, 0.2) is 52.7 Å². The number of allylic oxidation sites excluding steroid dienone is 2. The summed E-state index contributed by atoms with van der Waals surface area (Å²) < 4.78 is 41.7. The summed E-state index contributed by atoms with van der Waals surface area (Å²) in [6.07, 6.45) is 5.37. The SMILES string of the molecule is COC(=O)C1=C(C(=O)OC)N(c2cc(Cl)cc(S(=O)(=O)O)c2O)C=CC=C1. The van der Waals surface area contributed by atoms with E-state index in [0.29, 0.717) is 0 Å². The van der Waals surface area contributed by atoms with Crippen LogP contribution in [0.3, 0.4) is 0 Å². The van der Waals surface area contributed by atoms with E-state index in [-0.39, 0.29) is 22.0 Å². The van der Waals surface area contributed by atoms with Crippen LogP contribution in [0.2, 0.25) is 5.02 Å². The highest BCUT2D eigenvalue weighted by atomic mass is 35.5. The van der Waals surface area contributed by atoms with Crippen molar-refractivity contribution in [3.8, 4) is 5.75 Å².